The van der Waals surface area contributed by atoms with Crippen LogP contribution < -0.4 is 4.72 Å². The summed E-state index contributed by atoms with van der Waals surface area (Å²) in [6, 6.07) is 20.8. The summed E-state index contributed by atoms with van der Waals surface area (Å²) in [7, 11) is -3.56. The maximum Gasteiger partial charge on any atom is 0.271 e. The third kappa shape index (κ3) is 3.35. The molecular weight excluding hydrogens is 420 g/mol. The van der Waals surface area contributed by atoms with E-state index in [1.807, 2.05) is 30.3 Å². The number of H-pyrrole nitrogens is 1. The van der Waals surface area contributed by atoms with Crippen molar-refractivity contribution in [3.05, 3.63) is 70.5 Å². The molecule has 0 saturated heterocycles. The summed E-state index contributed by atoms with van der Waals surface area (Å²) in [6.45, 7) is 0. The number of aromatic nitrogens is 1. The first kappa shape index (κ1) is 16.4. The highest BCUT2D eigenvalue weighted by Gasteiger charge is 2.16. The van der Waals surface area contributed by atoms with Crippen LogP contribution in [0.1, 0.15) is 0 Å². The van der Waals surface area contributed by atoms with Crippen molar-refractivity contribution in [1.82, 2.24) is 4.98 Å². The molecule has 0 unspecified atom stereocenters. The molecule has 0 amide bonds. The predicted octanol–water partition coefficient (Wildman–Crippen LogP) is 5.46. The molecule has 25 heavy (non-hydrogen) atoms. The minimum atomic E-state index is -3.56. The lowest BCUT2D eigenvalue weighted by Gasteiger charge is -2.07. The number of thiophene rings is 1. The van der Waals surface area contributed by atoms with E-state index in [1.54, 1.807) is 24.3 Å². The van der Waals surface area contributed by atoms with Crippen molar-refractivity contribution >= 4 is 53.9 Å². The fourth-order valence-corrected chi connectivity index (χ4v) is 5.66. The van der Waals surface area contributed by atoms with Crippen LogP contribution in [0.2, 0.25) is 0 Å². The Morgan fingerprint density at radius 2 is 1.72 bits per heavy atom. The average molecular weight is 433 g/mol. The summed E-state index contributed by atoms with van der Waals surface area (Å²) >= 11 is 4.46. The summed E-state index contributed by atoms with van der Waals surface area (Å²) in [5.74, 6) is 0. The summed E-state index contributed by atoms with van der Waals surface area (Å²) in [5.41, 5.74) is 3.60. The topological polar surface area (TPSA) is 62.0 Å². The second-order valence-corrected chi connectivity index (χ2v) is 9.88. The molecular formula is C18H13BrN2O2S2. The Labute approximate surface area is 157 Å². The van der Waals surface area contributed by atoms with Crippen LogP contribution in [0, 0.1) is 0 Å². The molecule has 4 aromatic rings. The summed E-state index contributed by atoms with van der Waals surface area (Å²) in [6.07, 6.45) is 0. The van der Waals surface area contributed by atoms with E-state index in [0.717, 1.165) is 25.9 Å². The average Bonchev–Trinajstić information content (AvgIpc) is 3.21. The largest absolute Gasteiger partial charge is 0.355 e. The van der Waals surface area contributed by atoms with Crippen LogP contribution in [0.15, 0.2) is 74.7 Å². The highest BCUT2D eigenvalue weighted by atomic mass is 79.9. The summed E-state index contributed by atoms with van der Waals surface area (Å²) < 4.78 is 28.4. The molecule has 2 heterocycles. The molecule has 0 radical (unpaired) electrons. The summed E-state index contributed by atoms with van der Waals surface area (Å²) in [5, 5.41) is 1.14. The molecule has 2 aromatic heterocycles. The monoisotopic (exact) mass is 432 g/mol. The zero-order valence-corrected chi connectivity index (χ0v) is 16.1. The molecule has 2 aromatic carbocycles. The zero-order chi connectivity index (χ0) is 17.4. The van der Waals surface area contributed by atoms with Crippen molar-refractivity contribution in [2.75, 3.05) is 4.72 Å². The van der Waals surface area contributed by atoms with Gasteiger partial charge in [0.1, 0.15) is 4.21 Å². The zero-order valence-electron chi connectivity index (χ0n) is 12.9. The minimum Gasteiger partial charge on any atom is -0.355 e. The molecule has 0 spiro atoms. The Bertz CT molecular complexity index is 1110. The molecule has 2 N–H and O–H groups in total. The van der Waals surface area contributed by atoms with E-state index >= 15 is 0 Å². The van der Waals surface area contributed by atoms with Crippen molar-refractivity contribution in [3.8, 4) is 11.3 Å². The van der Waals surface area contributed by atoms with Crippen LogP contribution in [0.3, 0.4) is 0 Å². The number of sulfonamides is 1. The Morgan fingerprint density at radius 3 is 2.40 bits per heavy atom. The third-order valence-electron chi connectivity index (χ3n) is 3.79. The molecule has 0 aliphatic heterocycles. The Balaban J connectivity index is 1.59. The van der Waals surface area contributed by atoms with Gasteiger partial charge in [-0.1, -0.05) is 30.3 Å². The first-order valence-electron chi connectivity index (χ1n) is 7.48. The van der Waals surface area contributed by atoms with Gasteiger partial charge in [0.15, 0.2) is 0 Å². The SMILES string of the molecule is O=S(=O)(Nc1ccc(-c2cc3ccccc3[nH]2)cc1)c1ccc(Br)s1. The number of nitrogens with one attached hydrogen (secondary N) is 2. The van der Waals surface area contributed by atoms with Gasteiger partial charge in [0, 0.05) is 22.3 Å². The number of fused-ring (bicyclic) bond motifs is 1. The van der Waals surface area contributed by atoms with Gasteiger partial charge in [-0.25, -0.2) is 8.42 Å². The van der Waals surface area contributed by atoms with Gasteiger partial charge in [-0.15, -0.1) is 11.3 Å². The first-order valence-corrected chi connectivity index (χ1v) is 10.6. The number of rotatable bonds is 4. The van der Waals surface area contributed by atoms with E-state index in [0.29, 0.717) is 5.69 Å². The van der Waals surface area contributed by atoms with Crippen LogP contribution >= 0.6 is 27.3 Å². The minimum absolute atomic E-state index is 0.277. The van der Waals surface area contributed by atoms with Crippen LogP contribution in [0.5, 0.6) is 0 Å². The highest BCUT2D eigenvalue weighted by molar-refractivity contribution is 9.11. The highest BCUT2D eigenvalue weighted by Crippen LogP contribution is 2.29. The predicted molar refractivity (Wildman–Crippen MR) is 107 cm³/mol. The number of anilines is 1. The van der Waals surface area contributed by atoms with E-state index in [-0.39, 0.29) is 4.21 Å². The molecule has 4 nitrogen and oxygen atoms in total. The fraction of sp³-hybridized carbons (Fsp3) is 0. The van der Waals surface area contributed by atoms with Crippen LogP contribution in [-0.4, -0.2) is 13.4 Å². The number of halogens is 1. The van der Waals surface area contributed by atoms with Gasteiger partial charge in [0.05, 0.1) is 3.79 Å². The number of benzene rings is 2. The van der Waals surface area contributed by atoms with Crippen molar-refractivity contribution in [2.45, 2.75) is 4.21 Å². The van der Waals surface area contributed by atoms with E-state index in [1.165, 1.54) is 11.3 Å². The third-order valence-corrected chi connectivity index (χ3v) is 7.29. The molecule has 7 heteroatoms. The van der Waals surface area contributed by atoms with Crippen LogP contribution in [-0.2, 0) is 10.0 Å². The van der Waals surface area contributed by atoms with E-state index < -0.39 is 10.0 Å². The van der Waals surface area contributed by atoms with E-state index in [2.05, 4.69) is 37.8 Å². The van der Waals surface area contributed by atoms with Crippen molar-refractivity contribution in [1.29, 1.82) is 0 Å². The fourth-order valence-electron chi connectivity index (χ4n) is 2.59. The second-order valence-electron chi connectivity index (χ2n) is 5.51. The van der Waals surface area contributed by atoms with Gasteiger partial charge >= 0.3 is 0 Å². The maximum atomic E-state index is 12.4. The quantitative estimate of drug-likeness (QED) is 0.449. The van der Waals surface area contributed by atoms with E-state index in [4.69, 9.17) is 0 Å². The molecule has 0 aliphatic rings. The lowest BCUT2D eigenvalue weighted by Crippen LogP contribution is -2.11. The van der Waals surface area contributed by atoms with Crippen LogP contribution in [0.4, 0.5) is 5.69 Å². The molecule has 0 aliphatic carbocycles. The smallest absolute Gasteiger partial charge is 0.271 e. The lowest BCUT2D eigenvalue weighted by molar-refractivity contribution is 0.603. The number of hydrogen-bond acceptors (Lipinski definition) is 3. The van der Waals surface area contributed by atoms with Crippen molar-refractivity contribution < 1.29 is 8.42 Å². The number of aromatic amines is 1. The Morgan fingerprint density at radius 1 is 0.960 bits per heavy atom. The van der Waals surface area contributed by atoms with Crippen molar-refractivity contribution in [2.24, 2.45) is 0 Å². The lowest BCUT2D eigenvalue weighted by atomic mass is 10.1. The molecule has 0 bridgehead atoms. The normalized spacial score (nSPS) is 11.7. The van der Waals surface area contributed by atoms with Gasteiger partial charge < -0.3 is 4.98 Å². The van der Waals surface area contributed by atoms with E-state index in [9.17, 15) is 8.42 Å². The molecule has 0 saturated carbocycles. The molecule has 0 fully saturated rings. The molecule has 126 valence electrons. The number of para-hydroxylation sites is 1. The molecule has 0 atom stereocenters. The van der Waals surface area contributed by atoms with Gasteiger partial charge in [-0.05, 0) is 57.9 Å². The van der Waals surface area contributed by atoms with Crippen LogP contribution in [0.25, 0.3) is 22.2 Å². The van der Waals surface area contributed by atoms with Crippen molar-refractivity contribution in [3.63, 3.8) is 0 Å². The molecule has 4 rings (SSSR count). The summed E-state index contributed by atoms with van der Waals surface area (Å²) in [4.78, 5) is 3.37. The van der Waals surface area contributed by atoms with Gasteiger partial charge in [-0.3, -0.25) is 4.72 Å². The standard InChI is InChI=1S/C18H13BrN2O2S2/c19-17-9-10-18(24-17)25(22,23)21-14-7-5-12(6-8-14)16-11-13-3-1-2-4-15(13)20-16/h1-11,20-21H. The number of hydrogen-bond donors (Lipinski definition) is 2. The van der Waals surface area contributed by atoms with Gasteiger partial charge in [-0.2, -0.15) is 0 Å². The Kier molecular flexibility index (Phi) is 4.15. The maximum absolute atomic E-state index is 12.4. The van der Waals surface area contributed by atoms with Gasteiger partial charge in [0.25, 0.3) is 10.0 Å². The second kappa shape index (κ2) is 6.33. The van der Waals surface area contributed by atoms with Gasteiger partial charge in [0.2, 0.25) is 0 Å². The first-order chi connectivity index (χ1) is 12.0. The Hall–Kier alpha value is -2.09.